The molecule has 6 rings (SSSR count). The van der Waals surface area contributed by atoms with Crippen molar-refractivity contribution >= 4 is 24.1 Å². The molecule has 13 nitrogen and oxygen atoms in total. The van der Waals surface area contributed by atoms with Crippen LogP contribution in [0.1, 0.15) is 51.5 Å². The number of benzene rings is 3. The summed E-state index contributed by atoms with van der Waals surface area (Å²) in [6.07, 6.45) is 4.53. The summed E-state index contributed by atoms with van der Waals surface area (Å²) >= 11 is 1.54. The van der Waals surface area contributed by atoms with Gasteiger partial charge in [-0.3, -0.25) is 0 Å². The number of amidine groups is 1. The minimum Gasteiger partial charge on any atom is -0.454 e. The van der Waals surface area contributed by atoms with E-state index in [2.05, 4.69) is 33.8 Å². The van der Waals surface area contributed by atoms with Crippen LogP contribution in [-0.4, -0.2) is 85.7 Å². The first-order valence-corrected chi connectivity index (χ1v) is 19.7. The number of para-hydroxylation sites is 1. The first-order chi connectivity index (χ1) is 26.7. The van der Waals surface area contributed by atoms with Crippen LogP contribution in [0.15, 0.2) is 88.8 Å². The second-order valence-corrected chi connectivity index (χ2v) is 15.9. The van der Waals surface area contributed by atoms with Crippen molar-refractivity contribution in [2.75, 3.05) is 39.6 Å². The van der Waals surface area contributed by atoms with E-state index in [1.165, 1.54) is 0 Å². The first-order valence-electron chi connectivity index (χ1n) is 18.9. The Balaban J connectivity index is 1.08. The maximum absolute atomic E-state index is 13.3. The summed E-state index contributed by atoms with van der Waals surface area (Å²) in [6.45, 7) is 6.98. The molecule has 0 spiro atoms. The molecule has 5 atom stereocenters. The average molecular weight is 774 g/mol. The van der Waals surface area contributed by atoms with Gasteiger partial charge in [-0.2, -0.15) is 5.26 Å². The zero-order valence-corrected chi connectivity index (χ0v) is 32.2. The zero-order valence-electron chi connectivity index (χ0n) is 31.4. The SMILES string of the molecule is CC(C)(CCCCCN=C(NC#N)Oc1ccccc1)CN(C[C@@H](O)[C@H](Cc1ccccc1)NC(=O)O[C@H]1CO[C@H]2OCC[C@H]21)Sc1ccc2c(c1)OCO2. The van der Waals surface area contributed by atoms with E-state index in [0.717, 1.165) is 42.6 Å². The molecule has 3 aliphatic heterocycles. The number of carbonyl (C=O) groups excluding carboxylic acids is 1. The maximum Gasteiger partial charge on any atom is 0.407 e. The molecule has 0 aromatic heterocycles. The van der Waals surface area contributed by atoms with Crippen LogP contribution in [0.25, 0.3) is 0 Å². The number of rotatable bonds is 18. The van der Waals surface area contributed by atoms with E-state index in [0.29, 0.717) is 50.0 Å². The van der Waals surface area contributed by atoms with E-state index in [-0.39, 0.29) is 37.0 Å². The lowest BCUT2D eigenvalue weighted by Gasteiger charge is -2.35. The van der Waals surface area contributed by atoms with Gasteiger partial charge in [-0.05, 0) is 78.9 Å². The first kappa shape index (κ1) is 40.2. The number of nitrogens with one attached hydrogen (secondary N) is 2. The second kappa shape index (κ2) is 19.9. The second-order valence-electron chi connectivity index (χ2n) is 14.7. The number of hydrogen-bond donors (Lipinski definition) is 3. The summed E-state index contributed by atoms with van der Waals surface area (Å²) < 4.78 is 36.2. The van der Waals surface area contributed by atoms with Gasteiger partial charge in [-0.1, -0.05) is 75.2 Å². The van der Waals surface area contributed by atoms with Crippen LogP contribution in [-0.2, 0) is 20.6 Å². The van der Waals surface area contributed by atoms with Crippen molar-refractivity contribution in [1.29, 1.82) is 5.26 Å². The number of carbonyl (C=O) groups is 1. The van der Waals surface area contributed by atoms with Crippen LogP contribution >= 0.6 is 11.9 Å². The van der Waals surface area contributed by atoms with Gasteiger partial charge in [0.15, 0.2) is 24.0 Å². The van der Waals surface area contributed by atoms with Crippen molar-refractivity contribution < 1.29 is 38.3 Å². The average Bonchev–Trinajstić information content (AvgIpc) is 3.93. The number of ether oxygens (including phenoxy) is 6. The molecule has 55 heavy (non-hydrogen) atoms. The maximum atomic E-state index is 13.3. The fourth-order valence-corrected chi connectivity index (χ4v) is 8.18. The number of hydrogen-bond acceptors (Lipinski definition) is 12. The van der Waals surface area contributed by atoms with Crippen molar-refractivity contribution in [3.05, 3.63) is 84.4 Å². The van der Waals surface area contributed by atoms with Gasteiger partial charge in [-0.15, -0.1) is 0 Å². The Kier molecular flexibility index (Phi) is 14.5. The van der Waals surface area contributed by atoms with Crippen molar-refractivity contribution in [1.82, 2.24) is 14.9 Å². The van der Waals surface area contributed by atoms with Crippen LogP contribution in [0, 0.1) is 22.8 Å². The quantitative estimate of drug-likeness (QED) is 0.0333. The molecule has 3 aliphatic rings. The topological polar surface area (TPSA) is 156 Å². The molecule has 14 heteroatoms. The number of nitriles is 1. The fourth-order valence-electron chi connectivity index (χ4n) is 6.95. The van der Waals surface area contributed by atoms with Crippen LogP contribution in [0.2, 0.25) is 0 Å². The van der Waals surface area contributed by atoms with Crippen molar-refractivity contribution in [2.24, 2.45) is 16.3 Å². The predicted molar refractivity (Wildman–Crippen MR) is 208 cm³/mol. The summed E-state index contributed by atoms with van der Waals surface area (Å²) in [6, 6.07) is 24.5. The lowest BCUT2D eigenvalue weighted by Crippen LogP contribution is -2.50. The van der Waals surface area contributed by atoms with Gasteiger partial charge in [0.1, 0.15) is 11.9 Å². The summed E-state index contributed by atoms with van der Waals surface area (Å²) in [5.74, 6) is 2.01. The third-order valence-electron chi connectivity index (χ3n) is 9.77. The van der Waals surface area contributed by atoms with Crippen LogP contribution < -0.4 is 24.8 Å². The number of amides is 1. The van der Waals surface area contributed by atoms with Gasteiger partial charge in [-0.25, -0.2) is 19.4 Å². The van der Waals surface area contributed by atoms with E-state index in [1.54, 1.807) is 11.9 Å². The number of unbranched alkanes of at least 4 members (excludes halogenated alkanes) is 2. The Labute approximate surface area is 327 Å². The van der Waals surface area contributed by atoms with E-state index in [9.17, 15) is 9.90 Å². The minimum absolute atomic E-state index is 0.0125. The zero-order chi connectivity index (χ0) is 38.5. The van der Waals surface area contributed by atoms with Crippen molar-refractivity contribution in [3.63, 3.8) is 0 Å². The molecule has 0 radical (unpaired) electrons. The third-order valence-corrected chi connectivity index (χ3v) is 10.8. The highest BCUT2D eigenvalue weighted by Gasteiger charge is 2.44. The van der Waals surface area contributed by atoms with Gasteiger partial charge < -0.3 is 38.8 Å². The molecule has 3 aromatic carbocycles. The molecule has 2 fully saturated rings. The summed E-state index contributed by atoms with van der Waals surface area (Å²) in [5, 5.41) is 26.6. The standard InChI is InChI=1S/C41H51N5O8S/c1-41(2,19-10-5-11-20-43-39(44-27-42)53-30-14-8-4-9-15-30)26-46(55-31-16-17-35-36(23-31)52-28-51-35)24-34(47)33(22-29-12-6-3-7-13-29)45-40(48)54-37-25-50-38-32(37)18-21-49-38/h3-4,6-9,12-17,23,32-34,37-38,47H,5,10-11,18-22,24-26,28H2,1-2H3,(H,43,44)(H,45,48)/t32-,33-,34+,37-,38+/m0/s1. The molecule has 294 valence electrons. The number of nitrogens with zero attached hydrogens (tertiary/aromatic N) is 3. The van der Waals surface area contributed by atoms with Gasteiger partial charge in [0, 0.05) is 24.5 Å². The summed E-state index contributed by atoms with van der Waals surface area (Å²) in [5.41, 5.74) is 0.863. The number of aliphatic hydroxyl groups is 1. The highest BCUT2D eigenvalue weighted by Crippen LogP contribution is 2.38. The normalized spacial score (nSPS) is 20.1. The molecule has 0 bridgehead atoms. The number of alkyl carbamates (subject to hydrolysis) is 1. The summed E-state index contributed by atoms with van der Waals surface area (Å²) in [7, 11) is 0. The molecular weight excluding hydrogens is 723 g/mol. The molecule has 3 N–H and O–H groups in total. The number of fused-ring (bicyclic) bond motifs is 2. The molecule has 0 saturated carbocycles. The third kappa shape index (κ3) is 12.2. The van der Waals surface area contributed by atoms with Gasteiger partial charge in [0.25, 0.3) is 0 Å². The molecule has 1 amide bonds. The largest absolute Gasteiger partial charge is 0.454 e. The van der Waals surface area contributed by atoms with E-state index >= 15 is 0 Å². The van der Waals surface area contributed by atoms with Crippen LogP contribution in [0.5, 0.6) is 17.2 Å². The Morgan fingerprint density at radius 1 is 1.05 bits per heavy atom. The lowest BCUT2D eigenvalue weighted by molar-refractivity contribution is -0.0907. The van der Waals surface area contributed by atoms with Crippen molar-refractivity contribution in [2.45, 2.75) is 81.8 Å². The molecular formula is C41H51N5O8S. The summed E-state index contributed by atoms with van der Waals surface area (Å²) in [4.78, 5) is 18.7. The highest BCUT2D eigenvalue weighted by atomic mass is 32.2. The monoisotopic (exact) mass is 773 g/mol. The Morgan fingerprint density at radius 3 is 2.64 bits per heavy atom. The molecule has 3 aromatic rings. The molecule has 0 aliphatic carbocycles. The van der Waals surface area contributed by atoms with Crippen LogP contribution in [0.3, 0.4) is 0 Å². The van der Waals surface area contributed by atoms with Gasteiger partial charge >= 0.3 is 12.1 Å². The van der Waals surface area contributed by atoms with E-state index in [4.69, 9.17) is 33.7 Å². The smallest absolute Gasteiger partial charge is 0.407 e. The van der Waals surface area contributed by atoms with E-state index < -0.39 is 24.3 Å². The lowest BCUT2D eigenvalue weighted by atomic mass is 9.86. The van der Waals surface area contributed by atoms with Gasteiger partial charge in [0.2, 0.25) is 6.79 Å². The number of aliphatic imine (C=N–C) groups is 1. The Morgan fingerprint density at radius 2 is 1.84 bits per heavy atom. The number of aliphatic hydroxyl groups excluding tert-OH is 1. The Bertz CT molecular complexity index is 1740. The highest BCUT2D eigenvalue weighted by molar-refractivity contribution is 7.97. The predicted octanol–water partition coefficient (Wildman–Crippen LogP) is 6.28. The fraction of sp³-hybridized carbons (Fsp3) is 0.488. The molecule has 2 saturated heterocycles. The van der Waals surface area contributed by atoms with Crippen molar-refractivity contribution in [3.8, 4) is 23.4 Å². The minimum atomic E-state index is -0.931. The molecule has 3 heterocycles. The van der Waals surface area contributed by atoms with Crippen LogP contribution in [0.4, 0.5) is 4.79 Å². The Hall–Kier alpha value is -4.52. The van der Waals surface area contributed by atoms with E-state index in [1.807, 2.05) is 85.1 Å². The van der Waals surface area contributed by atoms with Gasteiger partial charge in [0.05, 0.1) is 31.3 Å². The molecule has 0 unspecified atom stereocenters.